The van der Waals surface area contributed by atoms with Gasteiger partial charge in [-0.25, -0.2) is 4.98 Å². The average Bonchev–Trinajstić information content (AvgIpc) is 2.89. The number of amides is 1. The molecule has 3 aromatic rings. The summed E-state index contributed by atoms with van der Waals surface area (Å²) in [4.78, 5) is 17.6. The third kappa shape index (κ3) is 3.02. The highest BCUT2D eigenvalue weighted by atomic mass is 35.5. The van der Waals surface area contributed by atoms with E-state index in [0.29, 0.717) is 10.7 Å². The van der Waals surface area contributed by atoms with E-state index in [1.54, 1.807) is 0 Å². The van der Waals surface area contributed by atoms with E-state index in [2.05, 4.69) is 17.2 Å². The fourth-order valence-corrected chi connectivity index (χ4v) is 2.95. The Bertz CT molecular complexity index is 914. The molecule has 0 aliphatic rings. The molecular weight excluding hydrogens is 322 g/mol. The lowest BCUT2D eigenvalue weighted by Gasteiger charge is -2.10. The molecule has 0 fully saturated rings. The molecule has 2 aromatic heterocycles. The summed E-state index contributed by atoms with van der Waals surface area (Å²) in [5.41, 5.74) is 4.86. The molecule has 24 heavy (non-hydrogen) atoms. The Morgan fingerprint density at radius 3 is 2.79 bits per heavy atom. The van der Waals surface area contributed by atoms with Crippen LogP contribution >= 0.6 is 11.6 Å². The second-order valence-electron chi connectivity index (χ2n) is 5.96. The Kier molecular flexibility index (Phi) is 4.58. The van der Waals surface area contributed by atoms with Gasteiger partial charge in [-0.1, -0.05) is 37.1 Å². The number of hydrogen-bond acceptors (Lipinski definition) is 2. The number of rotatable bonds is 4. The zero-order valence-electron chi connectivity index (χ0n) is 14.1. The zero-order valence-corrected chi connectivity index (χ0v) is 14.8. The van der Waals surface area contributed by atoms with Crippen LogP contribution in [-0.4, -0.2) is 15.3 Å². The van der Waals surface area contributed by atoms with Gasteiger partial charge in [-0.15, -0.1) is 0 Å². The Labute approximate surface area is 146 Å². The van der Waals surface area contributed by atoms with Gasteiger partial charge in [0.15, 0.2) is 0 Å². The lowest BCUT2D eigenvalue weighted by Crippen LogP contribution is -2.17. The monoisotopic (exact) mass is 341 g/mol. The Balaban J connectivity index is 2.06. The lowest BCUT2D eigenvalue weighted by molar-refractivity contribution is 0.102. The fourth-order valence-electron chi connectivity index (χ4n) is 2.78. The van der Waals surface area contributed by atoms with Crippen molar-refractivity contribution in [3.8, 4) is 0 Å². The first kappa shape index (κ1) is 16.5. The van der Waals surface area contributed by atoms with E-state index in [9.17, 15) is 4.79 Å². The van der Waals surface area contributed by atoms with E-state index in [4.69, 9.17) is 11.6 Å². The summed E-state index contributed by atoms with van der Waals surface area (Å²) in [5, 5.41) is 3.61. The molecule has 1 aromatic carbocycles. The molecule has 2 heterocycles. The van der Waals surface area contributed by atoms with Gasteiger partial charge in [-0.3, -0.25) is 9.20 Å². The minimum absolute atomic E-state index is 0.165. The molecule has 124 valence electrons. The van der Waals surface area contributed by atoms with Crippen LogP contribution in [-0.2, 0) is 6.42 Å². The van der Waals surface area contributed by atoms with Crippen LogP contribution < -0.4 is 5.32 Å². The number of fused-ring (bicyclic) bond motifs is 1. The van der Waals surface area contributed by atoms with Crippen LogP contribution in [0.2, 0.25) is 5.02 Å². The number of aromatic nitrogens is 2. The third-order valence-electron chi connectivity index (χ3n) is 4.06. The largest absolute Gasteiger partial charge is 0.320 e. The van der Waals surface area contributed by atoms with Crippen LogP contribution in [0.5, 0.6) is 0 Å². The highest BCUT2D eigenvalue weighted by molar-refractivity contribution is 6.31. The normalized spacial score (nSPS) is 11.0. The minimum Gasteiger partial charge on any atom is -0.320 e. The molecule has 0 saturated heterocycles. The quantitative estimate of drug-likeness (QED) is 0.740. The summed E-state index contributed by atoms with van der Waals surface area (Å²) >= 11 is 6.15. The van der Waals surface area contributed by atoms with E-state index in [-0.39, 0.29) is 5.91 Å². The van der Waals surface area contributed by atoms with Crippen LogP contribution in [0.25, 0.3) is 5.65 Å². The van der Waals surface area contributed by atoms with Crippen molar-refractivity contribution in [1.29, 1.82) is 0 Å². The summed E-state index contributed by atoms with van der Waals surface area (Å²) in [5.74, 6) is -0.165. The van der Waals surface area contributed by atoms with Gasteiger partial charge in [0.1, 0.15) is 11.3 Å². The van der Waals surface area contributed by atoms with Crippen molar-refractivity contribution in [1.82, 2.24) is 9.38 Å². The number of aryl methyl sites for hydroxylation is 2. The van der Waals surface area contributed by atoms with Gasteiger partial charge in [0.05, 0.1) is 5.69 Å². The first-order valence-electron chi connectivity index (χ1n) is 8.05. The lowest BCUT2D eigenvalue weighted by atomic mass is 10.1. The molecule has 0 spiro atoms. The number of benzene rings is 1. The van der Waals surface area contributed by atoms with E-state index in [1.807, 2.05) is 54.8 Å². The molecule has 0 bridgehead atoms. The molecule has 0 aliphatic carbocycles. The van der Waals surface area contributed by atoms with Crippen molar-refractivity contribution >= 4 is 28.8 Å². The molecule has 3 rings (SSSR count). The third-order valence-corrected chi connectivity index (χ3v) is 4.47. The van der Waals surface area contributed by atoms with E-state index in [1.165, 1.54) is 0 Å². The summed E-state index contributed by atoms with van der Waals surface area (Å²) < 4.78 is 1.87. The summed E-state index contributed by atoms with van der Waals surface area (Å²) in [6.45, 7) is 5.98. The van der Waals surface area contributed by atoms with Gasteiger partial charge in [-0.05, 0) is 49.6 Å². The Hall–Kier alpha value is -2.33. The van der Waals surface area contributed by atoms with E-state index < -0.39 is 0 Å². The second-order valence-corrected chi connectivity index (χ2v) is 6.37. The first-order valence-corrected chi connectivity index (χ1v) is 8.43. The molecule has 4 nitrogen and oxygen atoms in total. The maximum Gasteiger partial charge on any atom is 0.274 e. The van der Waals surface area contributed by atoms with Crippen molar-refractivity contribution in [3.05, 3.63) is 64.1 Å². The van der Waals surface area contributed by atoms with Crippen molar-refractivity contribution in [2.45, 2.75) is 33.6 Å². The average molecular weight is 342 g/mol. The zero-order chi connectivity index (χ0) is 17.3. The van der Waals surface area contributed by atoms with Crippen LogP contribution in [0, 0.1) is 13.8 Å². The molecule has 0 saturated carbocycles. The molecule has 1 N–H and O–H groups in total. The fraction of sp³-hybridized carbons (Fsp3) is 0.263. The topological polar surface area (TPSA) is 46.4 Å². The van der Waals surface area contributed by atoms with Gasteiger partial charge in [-0.2, -0.15) is 0 Å². The van der Waals surface area contributed by atoms with Crippen molar-refractivity contribution in [3.63, 3.8) is 0 Å². The molecule has 1 amide bonds. The van der Waals surface area contributed by atoms with Crippen molar-refractivity contribution < 1.29 is 4.79 Å². The number of anilines is 1. The number of nitrogens with zero attached hydrogens (tertiary/aromatic N) is 2. The smallest absolute Gasteiger partial charge is 0.274 e. The SMILES string of the molecule is CCCc1nc2ccc(C)cn2c1C(=O)Nc1cccc(Cl)c1C. The maximum atomic E-state index is 12.9. The predicted molar refractivity (Wildman–Crippen MR) is 98.1 cm³/mol. The Morgan fingerprint density at radius 2 is 2.04 bits per heavy atom. The molecule has 0 aliphatic heterocycles. The Morgan fingerprint density at radius 1 is 1.25 bits per heavy atom. The molecule has 0 atom stereocenters. The number of nitrogens with one attached hydrogen (secondary N) is 1. The van der Waals surface area contributed by atoms with Gasteiger partial charge in [0, 0.05) is 16.9 Å². The van der Waals surface area contributed by atoms with E-state index >= 15 is 0 Å². The molecule has 0 radical (unpaired) electrons. The summed E-state index contributed by atoms with van der Waals surface area (Å²) in [6, 6.07) is 9.44. The molecule has 5 heteroatoms. The van der Waals surface area contributed by atoms with Gasteiger partial charge < -0.3 is 5.32 Å². The minimum atomic E-state index is -0.165. The van der Waals surface area contributed by atoms with Crippen LogP contribution in [0.3, 0.4) is 0 Å². The molecule has 0 unspecified atom stereocenters. The van der Waals surface area contributed by atoms with Gasteiger partial charge in [0.2, 0.25) is 0 Å². The van der Waals surface area contributed by atoms with E-state index in [0.717, 1.165) is 41.0 Å². The number of pyridine rings is 1. The maximum absolute atomic E-state index is 12.9. The standard InChI is InChI=1S/C19H20ClN3O/c1-4-6-16-18(23-11-12(2)9-10-17(23)21-16)19(24)22-15-8-5-7-14(20)13(15)3/h5,7-11H,4,6H2,1-3H3,(H,22,24). The number of carbonyl (C=O) groups is 1. The van der Waals surface area contributed by atoms with Crippen molar-refractivity contribution in [2.24, 2.45) is 0 Å². The molecular formula is C19H20ClN3O. The number of hydrogen-bond donors (Lipinski definition) is 1. The number of carbonyl (C=O) groups excluding carboxylic acids is 1. The van der Waals surface area contributed by atoms with Crippen LogP contribution in [0.15, 0.2) is 36.5 Å². The van der Waals surface area contributed by atoms with Gasteiger partial charge >= 0.3 is 0 Å². The van der Waals surface area contributed by atoms with Crippen LogP contribution in [0.1, 0.15) is 40.7 Å². The van der Waals surface area contributed by atoms with Crippen LogP contribution in [0.4, 0.5) is 5.69 Å². The number of halogens is 1. The second kappa shape index (κ2) is 6.65. The van der Waals surface area contributed by atoms with Crippen molar-refractivity contribution in [2.75, 3.05) is 5.32 Å². The summed E-state index contributed by atoms with van der Waals surface area (Å²) in [6.07, 6.45) is 3.64. The highest BCUT2D eigenvalue weighted by Gasteiger charge is 2.19. The summed E-state index contributed by atoms with van der Waals surface area (Å²) in [7, 11) is 0. The first-order chi connectivity index (χ1) is 11.5. The highest BCUT2D eigenvalue weighted by Crippen LogP contribution is 2.24. The van der Waals surface area contributed by atoms with Gasteiger partial charge in [0.25, 0.3) is 5.91 Å². The number of imidazole rings is 1. The predicted octanol–water partition coefficient (Wildman–Crippen LogP) is 4.81.